The third-order valence-electron chi connectivity index (χ3n) is 5.51. The van der Waals surface area contributed by atoms with E-state index >= 15 is 0 Å². The summed E-state index contributed by atoms with van der Waals surface area (Å²) in [5, 5.41) is 5.01. The highest BCUT2D eigenvalue weighted by Gasteiger charge is 2.25. The predicted molar refractivity (Wildman–Crippen MR) is 127 cm³/mol. The summed E-state index contributed by atoms with van der Waals surface area (Å²) in [7, 11) is 0. The normalized spacial score (nSPS) is 14.8. The Kier molecular flexibility index (Phi) is 6.83. The Hall–Kier alpha value is -3.22. The molecule has 0 saturated carbocycles. The second-order valence-corrected chi connectivity index (χ2v) is 8.23. The first-order valence-electron chi connectivity index (χ1n) is 10.6. The number of benzene rings is 2. The summed E-state index contributed by atoms with van der Waals surface area (Å²) in [5.41, 5.74) is 2.16. The molecule has 32 heavy (non-hydrogen) atoms. The fourth-order valence-corrected chi connectivity index (χ4v) is 3.85. The van der Waals surface area contributed by atoms with Gasteiger partial charge in [-0.15, -0.1) is 0 Å². The number of halogens is 1. The van der Waals surface area contributed by atoms with Crippen molar-refractivity contribution in [2.45, 2.75) is 6.92 Å². The molecule has 0 spiro atoms. The maximum absolute atomic E-state index is 13.1. The SMILES string of the molecule is Cc1cc(=O)c(C(=O)N2CCN(CC=Cc3ccccc3)CC2)nn1-c1ccc(Cl)cc1. The van der Waals surface area contributed by atoms with Gasteiger partial charge in [0.1, 0.15) is 0 Å². The molecule has 0 bridgehead atoms. The van der Waals surface area contributed by atoms with Gasteiger partial charge in [-0.1, -0.05) is 54.1 Å². The van der Waals surface area contributed by atoms with Crippen molar-refractivity contribution < 1.29 is 4.79 Å². The Morgan fingerprint density at radius 2 is 1.72 bits per heavy atom. The molecular formula is C25H25ClN4O2. The molecular weight excluding hydrogens is 424 g/mol. The van der Waals surface area contributed by atoms with Crippen molar-refractivity contribution in [1.82, 2.24) is 19.6 Å². The van der Waals surface area contributed by atoms with Crippen LogP contribution in [-0.4, -0.2) is 58.2 Å². The summed E-state index contributed by atoms with van der Waals surface area (Å²) in [6.07, 6.45) is 4.24. The molecule has 0 aliphatic carbocycles. The van der Waals surface area contributed by atoms with E-state index in [1.54, 1.807) is 28.6 Å². The lowest BCUT2D eigenvalue weighted by Gasteiger charge is -2.33. The quantitative estimate of drug-likeness (QED) is 0.597. The fourth-order valence-electron chi connectivity index (χ4n) is 3.72. The van der Waals surface area contributed by atoms with E-state index < -0.39 is 0 Å². The van der Waals surface area contributed by atoms with Gasteiger partial charge in [0.05, 0.1) is 5.69 Å². The smallest absolute Gasteiger partial charge is 0.278 e. The van der Waals surface area contributed by atoms with Gasteiger partial charge in [0.25, 0.3) is 5.91 Å². The maximum Gasteiger partial charge on any atom is 0.278 e. The molecule has 0 radical (unpaired) electrons. The Morgan fingerprint density at radius 1 is 1.03 bits per heavy atom. The molecule has 1 aliphatic heterocycles. The van der Waals surface area contributed by atoms with Crippen molar-refractivity contribution >= 4 is 23.6 Å². The lowest BCUT2D eigenvalue weighted by molar-refractivity contribution is 0.0641. The van der Waals surface area contributed by atoms with Crippen LogP contribution in [0.3, 0.4) is 0 Å². The summed E-state index contributed by atoms with van der Waals surface area (Å²) >= 11 is 5.97. The van der Waals surface area contributed by atoms with E-state index in [1.165, 1.54) is 11.6 Å². The van der Waals surface area contributed by atoms with Crippen molar-refractivity contribution in [2.24, 2.45) is 0 Å². The second-order valence-electron chi connectivity index (χ2n) is 7.79. The van der Waals surface area contributed by atoms with Crippen molar-refractivity contribution in [3.63, 3.8) is 0 Å². The number of carbonyl (C=O) groups excluding carboxylic acids is 1. The van der Waals surface area contributed by atoms with Crippen LogP contribution in [0, 0.1) is 6.92 Å². The van der Waals surface area contributed by atoms with Crippen molar-refractivity contribution in [1.29, 1.82) is 0 Å². The van der Waals surface area contributed by atoms with E-state index in [2.05, 4.69) is 34.3 Å². The summed E-state index contributed by atoms with van der Waals surface area (Å²) in [4.78, 5) is 29.6. The Labute approximate surface area is 192 Å². The minimum Gasteiger partial charge on any atom is -0.335 e. The van der Waals surface area contributed by atoms with Crippen LogP contribution in [0.15, 0.2) is 71.5 Å². The molecule has 4 rings (SSSR count). The first-order valence-corrected chi connectivity index (χ1v) is 11.0. The van der Waals surface area contributed by atoms with E-state index in [1.807, 2.05) is 30.3 Å². The first-order chi connectivity index (χ1) is 15.5. The number of aryl methyl sites for hydroxylation is 1. The molecule has 1 fully saturated rings. The number of nitrogens with zero attached hydrogens (tertiary/aromatic N) is 4. The van der Waals surface area contributed by atoms with E-state index in [9.17, 15) is 9.59 Å². The van der Waals surface area contributed by atoms with Gasteiger partial charge in [0.2, 0.25) is 5.43 Å². The Bertz CT molecular complexity index is 1160. The zero-order valence-electron chi connectivity index (χ0n) is 17.9. The molecule has 2 heterocycles. The van der Waals surface area contributed by atoms with Gasteiger partial charge in [-0.2, -0.15) is 5.10 Å². The lowest BCUT2D eigenvalue weighted by atomic mass is 10.2. The third kappa shape index (κ3) is 5.15. The van der Waals surface area contributed by atoms with Crippen LogP contribution < -0.4 is 5.43 Å². The average Bonchev–Trinajstić information content (AvgIpc) is 2.81. The van der Waals surface area contributed by atoms with Crippen LogP contribution in [0.2, 0.25) is 5.02 Å². The van der Waals surface area contributed by atoms with E-state index in [4.69, 9.17) is 11.6 Å². The van der Waals surface area contributed by atoms with Crippen LogP contribution in [-0.2, 0) is 0 Å². The van der Waals surface area contributed by atoms with Crippen LogP contribution in [0.25, 0.3) is 11.8 Å². The minimum absolute atomic E-state index is 0.0528. The summed E-state index contributed by atoms with van der Waals surface area (Å²) in [5.74, 6) is -0.322. The number of aromatic nitrogens is 2. The molecule has 1 aromatic heterocycles. The monoisotopic (exact) mass is 448 g/mol. The average molecular weight is 449 g/mol. The van der Waals surface area contributed by atoms with Gasteiger partial charge in [-0.3, -0.25) is 14.5 Å². The summed E-state index contributed by atoms with van der Waals surface area (Å²) in [6.45, 7) is 5.24. The molecule has 1 aliphatic rings. The highest BCUT2D eigenvalue weighted by Crippen LogP contribution is 2.14. The first kappa shape index (κ1) is 22.0. The molecule has 164 valence electrons. The zero-order chi connectivity index (χ0) is 22.5. The molecule has 0 N–H and O–H groups in total. The summed E-state index contributed by atoms with van der Waals surface area (Å²) < 4.78 is 1.61. The topological polar surface area (TPSA) is 58.4 Å². The van der Waals surface area contributed by atoms with Gasteiger partial charge >= 0.3 is 0 Å². The van der Waals surface area contributed by atoms with Crippen LogP contribution >= 0.6 is 11.6 Å². The molecule has 1 amide bonds. The number of rotatable bonds is 5. The van der Waals surface area contributed by atoms with Crippen LogP contribution in [0.4, 0.5) is 0 Å². The van der Waals surface area contributed by atoms with E-state index in [0.717, 1.165) is 25.3 Å². The predicted octanol–water partition coefficient (Wildman–Crippen LogP) is 3.67. The Balaban J connectivity index is 1.42. The van der Waals surface area contributed by atoms with Crippen LogP contribution in [0.1, 0.15) is 21.7 Å². The number of hydrogen-bond acceptors (Lipinski definition) is 4. The van der Waals surface area contributed by atoms with Gasteiger partial charge < -0.3 is 4.90 Å². The highest BCUT2D eigenvalue weighted by molar-refractivity contribution is 6.30. The molecule has 6 nitrogen and oxygen atoms in total. The largest absolute Gasteiger partial charge is 0.335 e. The van der Waals surface area contributed by atoms with Crippen molar-refractivity contribution in [2.75, 3.05) is 32.7 Å². The standard InChI is InChI=1S/C25H25ClN4O2/c1-19-18-23(31)24(27-30(19)22-11-9-21(26)10-12-22)25(32)29-16-14-28(15-17-29)13-5-8-20-6-3-2-4-7-20/h2-12,18H,13-17H2,1H3. The number of amides is 1. The zero-order valence-corrected chi connectivity index (χ0v) is 18.7. The second kappa shape index (κ2) is 9.94. The molecule has 0 atom stereocenters. The molecule has 3 aromatic rings. The fraction of sp³-hybridized carbons (Fsp3) is 0.240. The molecule has 1 saturated heterocycles. The van der Waals surface area contributed by atoms with Gasteiger partial charge in [-0.25, -0.2) is 4.68 Å². The van der Waals surface area contributed by atoms with E-state index in [0.29, 0.717) is 23.8 Å². The third-order valence-corrected chi connectivity index (χ3v) is 5.77. The summed E-state index contributed by atoms with van der Waals surface area (Å²) in [6, 6.07) is 18.8. The van der Waals surface area contributed by atoms with Crippen LogP contribution in [0.5, 0.6) is 0 Å². The van der Waals surface area contributed by atoms with E-state index in [-0.39, 0.29) is 17.0 Å². The van der Waals surface area contributed by atoms with Crippen molar-refractivity contribution in [3.8, 4) is 5.69 Å². The number of piperazine rings is 1. The van der Waals surface area contributed by atoms with Gasteiger partial charge in [0, 0.05) is 49.5 Å². The Morgan fingerprint density at radius 3 is 2.41 bits per heavy atom. The molecule has 7 heteroatoms. The highest BCUT2D eigenvalue weighted by atomic mass is 35.5. The maximum atomic E-state index is 13.1. The number of carbonyl (C=O) groups is 1. The molecule has 0 unspecified atom stereocenters. The molecule has 2 aromatic carbocycles. The lowest BCUT2D eigenvalue weighted by Crippen LogP contribution is -2.49. The number of hydrogen-bond donors (Lipinski definition) is 0. The van der Waals surface area contributed by atoms with Gasteiger partial charge in [0.15, 0.2) is 5.69 Å². The van der Waals surface area contributed by atoms with Crippen molar-refractivity contribution in [3.05, 3.63) is 98.9 Å². The van der Waals surface area contributed by atoms with Gasteiger partial charge in [-0.05, 0) is 36.8 Å². The minimum atomic E-state index is -0.356.